The minimum Gasteiger partial charge on any atom is -0.394 e. The number of carbonyl (C=O) groups excluding carboxylic acids is 3. The highest BCUT2D eigenvalue weighted by atomic mass is 16.4. The Morgan fingerprint density at radius 2 is 1.23 bits per heavy atom. The summed E-state index contributed by atoms with van der Waals surface area (Å²) in [6, 6.07) is 0. The van der Waals surface area contributed by atoms with Gasteiger partial charge in [-0.2, -0.15) is 0 Å². The Hall–Kier alpha value is -2.07. The predicted molar refractivity (Wildman–Crippen MR) is 215 cm³/mol. The van der Waals surface area contributed by atoms with E-state index in [4.69, 9.17) is 10.2 Å². The Morgan fingerprint density at radius 1 is 0.700 bits per heavy atom. The van der Waals surface area contributed by atoms with E-state index in [1.807, 2.05) is 0 Å². The van der Waals surface area contributed by atoms with Crippen LogP contribution in [-0.4, -0.2) is 184 Å². The topological polar surface area (TPSA) is 321 Å². The molecule has 0 bridgehead atoms. The number of nitrogens with one attached hydrogen (secondary N) is 2. The summed E-state index contributed by atoms with van der Waals surface area (Å²) in [6.07, 6.45) is -7.85. The molecule has 0 aliphatic heterocycles. The zero-order valence-electron chi connectivity index (χ0n) is 35.5. The lowest BCUT2D eigenvalue weighted by atomic mass is 9.43. The van der Waals surface area contributed by atoms with E-state index in [9.17, 15) is 65.4 Å². The third-order valence-electron chi connectivity index (χ3n) is 15.5. The smallest absolute Gasteiger partial charge is 0.251 e. The van der Waals surface area contributed by atoms with Crippen LogP contribution in [0, 0.1) is 46.3 Å². The fourth-order valence-electron chi connectivity index (χ4n) is 11.8. The summed E-state index contributed by atoms with van der Waals surface area (Å²) in [5.74, 6) is -0.145. The average Bonchev–Trinajstić information content (AvgIpc) is 3.61. The summed E-state index contributed by atoms with van der Waals surface area (Å²) < 4.78 is 0. The van der Waals surface area contributed by atoms with Gasteiger partial charge in [0.05, 0.1) is 25.4 Å². The van der Waals surface area contributed by atoms with Crippen molar-refractivity contribution in [3.63, 3.8) is 0 Å². The van der Waals surface area contributed by atoms with Crippen molar-refractivity contribution in [2.75, 3.05) is 39.4 Å². The second-order valence-corrected chi connectivity index (χ2v) is 18.9. The molecule has 3 amide bonds. The molecule has 0 radical (unpaired) electrons. The van der Waals surface area contributed by atoms with Crippen molar-refractivity contribution in [2.24, 2.45) is 46.3 Å². The van der Waals surface area contributed by atoms with Crippen LogP contribution >= 0.6 is 0 Å². The van der Waals surface area contributed by atoms with Crippen molar-refractivity contribution in [3.8, 4) is 0 Å². The van der Waals surface area contributed by atoms with Gasteiger partial charge in [0, 0.05) is 32.6 Å². The van der Waals surface area contributed by atoms with Crippen molar-refractivity contribution in [3.05, 3.63) is 0 Å². The third-order valence-corrected chi connectivity index (χ3v) is 15.5. The van der Waals surface area contributed by atoms with E-state index in [1.165, 1.54) is 0 Å². The van der Waals surface area contributed by atoms with Gasteiger partial charge in [0.15, 0.2) is 12.2 Å². The van der Waals surface area contributed by atoms with Gasteiger partial charge in [0.1, 0.15) is 36.6 Å². The van der Waals surface area contributed by atoms with Gasteiger partial charge in [-0.05, 0) is 117 Å². The molecule has 0 aromatic heterocycles. The molecule has 0 aromatic rings. The summed E-state index contributed by atoms with van der Waals surface area (Å²) in [7, 11) is 0. The fraction of sp³-hybridized carbons (Fsp3) is 0.929. The van der Waals surface area contributed by atoms with E-state index in [0.29, 0.717) is 30.1 Å². The van der Waals surface area contributed by atoms with Gasteiger partial charge in [0.25, 0.3) is 11.8 Å². The molecule has 14 N–H and O–H groups in total. The second-order valence-electron chi connectivity index (χ2n) is 18.9. The number of hydrogen-bond acceptors (Lipinski definition) is 15. The van der Waals surface area contributed by atoms with Crippen LogP contribution in [0.5, 0.6) is 0 Å². The van der Waals surface area contributed by atoms with Crippen molar-refractivity contribution >= 4 is 17.7 Å². The SMILES string of the molecule is C[C@H](CCC(=O)N(CCCNC(=O)[C@H](O)[C@@H](O)[C@H](O)[C@H](O)CO)CCCNC(=O)[C@H](O)[C@@H](O)[C@H](O)[C@H](O)CO)[C@H]1CCC2C3CCC4C[C@H](O)CCC4(C)C3C[C@H](O)C21C. The number of nitrogens with zero attached hydrogens (tertiary/aromatic N) is 1. The maximum Gasteiger partial charge on any atom is 0.251 e. The minimum absolute atomic E-state index is 0.0491. The Balaban J connectivity index is 1.35. The van der Waals surface area contributed by atoms with Crippen LogP contribution in [-0.2, 0) is 14.4 Å². The van der Waals surface area contributed by atoms with E-state index < -0.39 is 80.0 Å². The fourth-order valence-corrected chi connectivity index (χ4v) is 11.8. The Kier molecular flexibility index (Phi) is 18.6. The first kappa shape index (κ1) is 50.6. The molecule has 18 atom stereocenters. The predicted octanol–water partition coefficient (Wildman–Crippen LogP) is -2.89. The first-order chi connectivity index (χ1) is 28.2. The number of fused-ring (bicyclic) bond motifs is 5. The molecule has 4 aliphatic carbocycles. The van der Waals surface area contributed by atoms with Crippen molar-refractivity contribution in [1.29, 1.82) is 0 Å². The molecule has 0 heterocycles. The summed E-state index contributed by atoms with van der Waals surface area (Å²) in [4.78, 5) is 40.3. The lowest BCUT2D eigenvalue weighted by molar-refractivity contribution is -0.175. The van der Waals surface area contributed by atoms with Crippen molar-refractivity contribution < 1.29 is 75.7 Å². The number of rotatable bonds is 22. The van der Waals surface area contributed by atoms with E-state index in [1.54, 1.807) is 4.90 Å². The maximum absolute atomic E-state index is 13.8. The monoisotopic (exact) mass is 862 g/mol. The molecule has 348 valence electrons. The molecule has 0 saturated heterocycles. The lowest BCUT2D eigenvalue weighted by Gasteiger charge is -2.62. The van der Waals surface area contributed by atoms with Gasteiger partial charge in [0.2, 0.25) is 5.91 Å². The molecule has 18 nitrogen and oxygen atoms in total. The first-order valence-electron chi connectivity index (χ1n) is 22.1. The molecule has 4 fully saturated rings. The molecule has 0 spiro atoms. The summed E-state index contributed by atoms with van der Waals surface area (Å²) in [5.41, 5.74) is -0.164. The molecular weight excluding hydrogens is 786 g/mol. The van der Waals surface area contributed by atoms with E-state index in [-0.39, 0.29) is 80.1 Å². The van der Waals surface area contributed by atoms with Crippen molar-refractivity contribution in [2.45, 2.75) is 159 Å². The second kappa shape index (κ2) is 22.0. The minimum atomic E-state index is -2.11. The van der Waals surface area contributed by atoms with Gasteiger partial charge in [-0.25, -0.2) is 0 Å². The summed E-state index contributed by atoms with van der Waals surface area (Å²) >= 11 is 0. The lowest BCUT2D eigenvalue weighted by Crippen LogP contribution is -2.58. The normalized spacial score (nSPS) is 34.6. The highest BCUT2D eigenvalue weighted by Gasteiger charge is 2.63. The van der Waals surface area contributed by atoms with Crippen molar-refractivity contribution in [1.82, 2.24) is 15.5 Å². The molecule has 6 unspecified atom stereocenters. The highest BCUT2D eigenvalue weighted by molar-refractivity contribution is 5.81. The van der Waals surface area contributed by atoms with E-state index in [0.717, 1.165) is 51.4 Å². The van der Waals surface area contributed by atoms with Crippen LogP contribution in [0.4, 0.5) is 0 Å². The Labute approximate surface area is 353 Å². The van der Waals surface area contributed by atoms with Crippen LogP contribution in [0.1, 0.15) is 97.8 Å². The zero-order chi connectivity index (χ0) is 44.7. The molecule has 0 aromatic carbocycles. The first-order valence-corrected chi connectivity index (χ1v) is 22.1. The quantitative estimate of drug-likeness (QED) is 0.0486. The summed E-state index contributed by atoms with van der Waals surface area (Å²) in [6.45, 7) is 5.15. The summed E-state index contributed by atoms with van der Waals surface area (Å²) in [5, 5.41) is 124. The Morgan fingerprint density at radius 3 is 1.75 bits per heavy atom. The highest BCUT2D eigenvalue weighted by Crippen LogP contribution is 2.68. The number of carbonyl (C=O) groups is 3. The number of hydrogen-bond donors (Lipinski definition) is 14. The van der Waals surface area contributed by atoms with Gasteiger partial charge in [-0.3, -0.25) is 14.4 Å². The van der Waals surface area contributed by atoms with Crippen LogP contribution in [0.25, 0.3) is 0 Å². The van der Waals surface area contributed by atoms with Gasteiger partial charge < -0.3 is 76.8 Å². The number of aliphatic hydroxyl groups is 12. The largest absolute Gasteiger partial charge is 0.394 e. The van der Waals surface area contributed by atoms with E-state index >= 15 is 0 Å². The molecule has 4 rings (SSSR count). The average molecular weight is 862 g/mol. The number of amides is 3. The van der Waals surface area contributed by atoms with Crippen LogP contribution in [0.15, 0.2) is 0 Å². The van der Waals surface area contributed by atoms with Crippen LogP contribution in [0.3, 0.4) is 0 Å². The molecule has 60 heavy (non-hydrogen) atoms. The van der Waals surface area contributed by atoms with Gasteiger partial charge in [-0.1, -0.05) is 20.8 Å². The third kappa shape index (κ3) is 11.2. The van der Waals surface area contributed by atoms with Crippen LogP contribution < -0.4 is 10.6 Å². The number of aliphatic hydroxyl groups excluding tert-OH is 12. The molecule has 18 heteroatoms. The molecular formula is C42H75N3O15. The van der Waals surface area contributed by atoms with E-state index in [2.05, 4.69) is 31.4 Å². The van der Waals surface area contributed by atoms with Gasteiger partial charge in [-0.15, -0.1) is 0 Å². The maximum atomic E-state index is 13.8. The molecule has 4 saturated carbocycles. The van der Waals surface area contributed by atoms with Gasteiger partial charge >= 0.3 is 0 Å². The Bertz CT molecular complexity index is 1350. The van der Waals surface area contributed by atoms with Crippen LogP contribution in [0.2, 0.25) is 0 Å². The zero-order valence-corrected chi connectivity index (χ0v) is 35.5. The standard InChI is InChI=1S/C42H75N3O15/c1-22(26-9-10-27-25-8-7-23-18-24(48)12-13-41(23,2)28(25)19-31(51)42(26,27)3)6-11-32(52)45(16-4-14-43-39(59)37(57)35(55)33(53)29(49)20-46)17-5-15-44-40(60)38(58)36(56)34(54)30(50)21-47/h22-31,33-38,46-51,53-58H,4-21H2,1-3H3,(H,43,59)(H,44,60)/t22-,23?,24-,25?,26-,27?,28?,29-,30-,31+,33-,34-,35+,36+,37-,38-,41?,42?/m1/s1. The molecule has 4 aliphatic rings.